The topological polar surface area (TPSA) is 96.9 Å². The average molecular weight is 384 g/mol. The monoisotopic (exact) mass is 383 g/mol. The van der Waals surface area contributed by atoms with Crippen molar-refractivity contribution in [1.29, 1.82) is 0 Å². The molecule has 0 bridgehead atoms. The van der Waals surface area contributed by atoms with Gasteiger partial charge < -0.3 is 10.6 Å². The third-order valence-corrected chi connectivity index (χ3v) is 4.15. The lowest BCUT2D eigenvalue weighted by molar-refractivity contribution is -0.113. The van der Waals surface area contributed by atoms with Gasteiger partial charge in [0.1, 0.15) is 0 Å². The summed E-state index contributed by atoms with van der Waals surface area (Å²) in [5.74, 6) is 0.647. The van der Waals surface area contributed by atoms with Crippen LogP contribution in [0.3, 0.4) is 0 Å². The number of allylic oxidation sites excluding steroid dienone is 2. The summed E-state index contributed by atoms with van der Waals surface area (Å²) in [6.07, 6.45) is 6.19. The van der Waals surface area contributed by atoms with Gasteiger partial charge >= 0.3 is 0 Å². The highest BCUT2D eigenvalue weighted by molar-refractivity contribution is 6.28. The molecular formula is C19H18ClN5O2. The number of benzene rings is 1. The second-order valence-corrected chi connectivity index (χ2v) is 6.41. The Morgan fingerprint density at radius 1 is 1.04 bits per heavy atom. The molecule has 8 heteroatoms. The van der Waals surface area contributed by atoms with Gasteiger partial charge in [-0.1, -0.05) is 18.2 Å². The van der Waals surface area contributed by atoms with E-state index in [0.29, 0.717) is 23.5 Å². The fourth-order valence-electron chi connectivity index (χ4n) is 2.54. The van der Waals surface area contributed by atoms with E-state index in [-0.39, 0.29) is 28.8 Å². The molecule has 0 aliphatic heterocycles. The molecule has 1 atom stereocenters. The summed E-state index contributed by atoms with van der Waals surface area (Å²) in [5.41, 5.74) is 2.04. The lowest BCUT2D eigenvalue weighted by Gasteiger charge is -2.17. The molecule has 2 aromatic rings. The minimum atomic E-state index is -0.0470. The van der Waals surface area contributed by atoms with Crippen LogP contribution in [-0.4, -0.2) is 32.6 Å². The fourth-order valence-corrected chi connectivity index (χ4v) is 2.70. The maximum absolute atomic E-state index is 11.4. The van der Waals surface area contributed by atoms with Crippen LogP contribution >= 0.6 is 11.6 Å². The lowest BCUT2D eigenvalue weighted by atomic mass is 10.0. The Labute approximate surface area is 161 Å². The Balaban J connectivity index is 1.70. The zero-order valence-corrected chi connectivity index (χ0v) is 15.6. The van der Waals surface area contributed by atoms with Gasteiger partial charge in [0.2, 0.25) is 17.2 Å². The minimum Gasteiger partial charge on any atom is -0.348 e. The van der Waals surface area contributed by atoms with Crippen molar-refractivity contribution in [2.24, 2.45) is 0 Å². The van der Waals surface area contributed by atoms with Crippen LogP contribution in [0.15, 0.2) is 48.1 Å². The zero-order chi connectivity index (χ0) is 19.4. The van der Waals surface area contributed by atoms with Crippen LogP contribution in [0.1, 0.15) is 30.6 Å². The Bertz CT molecular complexity index is 938. The van der Waals surface area contributed by atoms with Gasteiger partial charge in [-0.05, 0) is 56.1 Å². The first-order chi connectivity index (χ1) is 12.9. The van der Waals surface area contributed by atoms with Crippen molar-refractivity contribution in [1.82, 2.24) is 15.0 Å². The maximum Gasteiger partial charge on any atom is 0.233 e. The molecule has 1 aromatic carbocycles. The molecule has 3 rings (SSSR count). The molecule has 27 heavy (non-hydrogen) atoms. The first-order valence-corrected chi connectivity index (χ1v) is 8.74. The highest BCUT2D eigenvalue weighted by atomic mass is 35.5. The number of halogens is 1. The first-order valence-electron chi connectivity index (χ1n) is 8.36. The fraction of sp³-hybridized carbons (Fsp3) is 0.211. The Hall–Kier alpha value is -3.06. The van der Waals surface area contributed by atoms with Crippen molar-refractivity contribution in [3.05, 3.63) is 58.9 Å². The lowest BCUT2D eigenvalue weighted by Crippen LogP contribution is -2.21. The van der Waals surface area contributed by atoms with E-state index < -0.39 is 0 Å². The number of nitrogens with zero attached hydrogens (tertiary/aromatic N) is 3. The number of aromatic nitrogens is 3. The van der Waals surface area contributed by atoms with Gasteiger partial charge in [0.15, 0.2) is 11.6 Å². The van der Waals surface area contributed by atoms with Crippen LogP contribution in [0.25, 0.3) is 0 Å². The van der Waals surface area contributed by atoms with E-state index in [4.69, 9.17) is 11.6 Å². The Morgan fingerprint density at radius 2 is 1.74 bits per heavy atom. The molecule has 1 aliphatic carbocycles. The highest BCUT2D eigenvalue weighted by Crippen LogP contribution is 2.19. The van der Waals surface area contributed by atoms with Crippen LogP contribution in [-0.2, 0) is 4.79 Å². The second kappa shape index (κ2) is 8.09. The number of Topliss-reactive ketones (excluding diaryl/α,β-unsaturated/α-hetero) is 2. The molecule has 7 nitrogen and oxygen atoms in total. The van der Waals surface area contributed by atoms with Gasteiger partial charge in [-0.25, -0.2) is 0 Å². The summed E-state index contributed by atoms with van der Waals surface area (Å²) in [6, 6.07) is 6.92. The summed E-state index contributed by atoms with van der Waals surface area (Å²) >= 11 is 6.00. The summed E-state index contributed by atoms with van der Waals surface area (Å²) < 4.78 is 0. The van der Waals surface area contributed by atoms with Gasteiger partial charge in [-0.15, -0.1) is 0 Å². The molecule has 0 fully saturated rings. The molecule has 138 valence electrons. The molecule has 2 N–H and O–H groups in total. The van der Waals surface area contributed by atoms with Crippen LogP contribution in [0.5, 0.6) is 0 Å². The van der Waals surface area contributed by atoms with Crippen LogP contribution < -0.4 is 10.6 Å². The van der Waals surface area contributed by atoms with E-state index in [1.165, 1.54) is 13.8 Å². The molecule has 1 aliphatic rings. The van der Waals surface area contributed by atoms with Crippen molar-refractivity contribution in [2.45, 2.75) is 26.3 Å². The van der Waals surface area contributed by atoms with Gasteiger partial charge in [0, 0.05) is 16.8 Å². The molecule has 0 saturated heterocycles. The number of nitrogens with one attached hydrogen (secondary N) is 2. The van der Waals surface area contributed by atoms with E-state index in [0.717, 1.165) is 5.69 Å². The number of ketones is 2. The molecule has 0 saturated carbocycles. The highest BCUT2D eigenvalue weighted by Gasteiger charge is 2.13. The zero-order valence-electron chi connectivity index (χ0n) is 14.9. The normalized spacial score (nSPS) is 15.8. The van der Waals surface area contributed by atoms with E-state index in [1.54, 1.807) is 30.3 Å². The molecule has 0 amide bonds. The van der Waals surface area contributed by atoms with Crippen LogP contribution in [0.2, 0.25) is 5.28 Å². The summed E-state index contributed by atoms with van der Waals surface area (Å²) in [5, 5.41) is 6.25. The third kappa shape index (κ3) is 4.98. The summed E-state index contributed by atoms with van der Waals surface area (Å²) in [4.78, 5) is 35.2. The van der Waals surface area contributed by atoms with Gasteiger partial charge in [0.05, 0.1) is 6.04 Å². The number of hydrogen-bond donors (Lipinski definition) is 2. The number of carbonyl (C=O) groups excluding carboxylic acids is 2. The summed E-state index contributed by atoms with van der Waals surface area (Å²) in [6.45, 7) is 3.05. The van der Waals surface area contributed by atoms with Crippen molar-refractivity contribution in [2.75, 3.05) is 10.6 Å². The van der Waals surface area contributed by atoms with Crippen LogP contribution in [0.4, 0.5) is 17.6 Å². The van der Waals surface area contributed by atoms with Crippen molar-refractivity contribution in [3.8, 4) is 0 Å². The smallest absolute Gasteiger partial charge is 0.233 e. The molecule has 1 heterocycles. The SMILES string of the molecule is CC(=O)C1=CCC(Nc2nc(Cl)nc(Nc3ccc(C(C)=O)cc3)n2)C=C1. The molecular weight excluding hydrogens is 366 g/mol. The number of anilines is 3. The largest absolute Gasteiger partial charge is 0.348 e. The molecule has 1 unspecified atom stereocenters. The third-order valence-electron chi connectivity index (χ3n) is 3.98. The van der Waals surface area contributed by atoms with Gasteiger partial charge in [-0.3, -0.25) is 9.59 Å². The molecule has 0 radical (unpaired) electrons. The van der Waals surface area contributed by atoms with Crippen molar-refractivity contribution in [3.63, 3.8) is 0 Å². The van der Waals surface area contributed by atoms with Gasteiger partial charge in [-0.2, -0.15) is 15.0 Å². The average Bonchev–Trinajstić information content (AvgIpc) is 2.62. The van der Waals surface area contributed by atoms with E-state index in [9.17, 15) is 9.59 Å². The Morgan fingerprint density at radius 3 is 2.33 bits per heavy atom. The standard InChI is InChI=1S/C19H18ClN5O2/c1-11(26)13-3-7-15(8-4-13)21-18-23-17(20)24-19(25-18)22-16-9-5-14(6-10-16)12(2)27/h3-9,16H,10H2,1-2H3,(H2,21,22,23,24,25). The predicted molar refractivity (Wildman–Crippen MR) is 104 cm³/mol. The van der Waals surface area contributed by atoms with Gasteiger partial charge in [0.25, 0.3) is 0 Å². The Kier molecular flexibility index (Phi) is 5.61. The number of hydrogen-bond acceptors (Lipinski definition) is 7. The van der Waals surface area contributed by atoms with Crippen molar-refractivity contribution >= 4 is 40.8 Å². The predicted octanol–water partition coefficient (Wildman–Crippen LogP) is 3.73. The maximum atomic E-state index is 11.4. The quantitative estimate of drug-likeness (QED) is 0.733. The number of rotatable bonds is 6. The van der Waals surface area contributed by atoms with E-state index in [2.05, 4.69) is 25.6 Å². The van der Waals surface area contributed by atoms with E-state index in [1.807, 2.05) is 12.2 Å². The van der Waals surface area contributed by atoms with E-state index >= 15 is 0 Å². The minimum absolute atomic E-state index is 0.00115. The van der Waals surface area contributed by atoms with Crippen LogP contribution in [0, 0.1) is 0 Å². The summed E-state index contributed by atoms with van der Waals surface area (Å²) in [7, 11) is 0. The molecule has 1 aromatic heterocycles. The van der Waals surface area contributed by atoms with Crippen molar-refractivity contribution < 1.29 is 9.59 Å². The second-order valence-electron chi connectivity index (χ2n) is 6.07. The molecule has 0 spiro atoms. The first kappa shape index (κ1) is 18.7. The number of carbonyl (C=O) groups is 2.